The van der Waals surface area contributed by atoms with Crippen molar-refractivity contribution in [1.82, 2.24) is 0 Å². The molecule has 1 fully saturated rings. The average molecular weight is 419 g/mol. The lowest BCUT2D eigenvalue weighted by molar-refractivity contribution is -0.140. The first-order valence-corrected chi connectivity index (χ1v) is 10.5. The highest BCUT2D eigenvalue weighted by Gasteiger charge is 2.70. The fraction of sp³-hybridized carbons (Fsp3) is 0.583. The summed E-state index contributed by atoms with van der Waals surface area (Å²) < 4.78 is 10.3. The summed E-state index contributed by atoms with van der Waals surface area (Å²) in [5, 5.41) is 21.1. The van der Waals surface area contributed by atoms with Crippen LogP contribution in [0.1, 0.15) is 60.3 Å². The van der Waals surface area contributed by atoms with E-state index in [4.69, 9.17) is 9.47 Å². The summed E-state index contributed by atoms with van der Waals surface area (Å²) in [6.07, 6.45) is 7.96. The van der Waals surface area contributed by atoms with Crippen LogP contribution in [0, 0.1) is 0 Å². The van der Waals surface area contributed by atoms with Crippen LogP contribution in [0.4, 0.5) is 0 Å². The maximum Gasteiger partial charge on any atom is 0.302 e. The van der Waals surface area contributed by atoms with Crippen molar-refractivity contribution in [2.24, 2.45) is 0 Å². The van der Waals surface area contributed by atoms with Gasteiger partial charge in [0.05, 0.1) is 0 Å². The number of rotatable bonds is 10. The molecule has 166 valence electrons. The van der Waals surface area contributed by atoms with E-state index in [1.165, 1.54) is 24.1 Å². The molecule has 0 unspecified atom stereocenters. The molecule has 1 aliphatic heterocycles. The van der Waals surface area contributed by atoms with Crippen molar-refractivity contribution in [1.29, 1.82) is 0 Å². The van der Waals surface area contributed by atoms with Gasteiger partial charge in [0.15, 0.2) is 17.5 Å². The summed E-state index contributed by atoms with van der Waals surface area (Å²) in [7, 11) is 0. The zero-order valence-electron chi connectivity index (χ0n) is 18.6. The molecule has 1 heterocycles. The normalized spacial score (nSPS) is 27.2. The third-order valence-electron chi connectivity index (χ3n) is 5.51. The molecule has 0 spiro atoms. The smallest absolute Gasteiger partial charge is 0.302 e. The lowest BCUT2D eigenvalue weighted by atomic mass is 9.82. The molecule has 6 nitrogen and oxygen atoms in total. The van der Waals surface area contributed by atoms with Gasteiger partial charge in [-0.05, 0) is 59.5 Å². The summed E-state index contributed by atoms with van der Waals surface area (Å²) in [5.74, 6) is -0.867. The summed E-state index contributed by atoms with van der Waals surface area (Å²) in [5.41, 5.74) is 2.48. The average Bonchev–Trinajstić information content (AvgIpc) is 3.41. The standard InChI is InChI=1S/C24H34O6/c1-15(2)8-6-9-16(3)10-7-11-17(4)12-20(26)24-21(27)13-19(14-29-18(5)25)22(28)23(24)30-24/h8,10,12-13,20-21,23,26-27H,6-7,9,11,14H2,1-5H3/b16-10+,17-12+/t20-,21-,23-,24+/m0/s1. The van der Waals surface area contributed by atoms with Crippen LogP contribution in [0.5, 0.6) is 0 Å². The number of carbonyl (C=O) groups is 2. The number of esters is 1. The van der Waals surface area contributed by atoms with Gasteiger partial charge >= 0.3 is 5.97 Å². The van der Waals surface area contributed by atoms with Crippen molar-refractivity contribution >= 4 is 11.8 Å². The van der Waals surface area contributed by atoms with Gasteiger partial charge in [-0.3, -0.25) is 9.59 Å². The van der Waals surface area contributed by atoms with E-state index in [2.05, 4.69) is 32.9 Å². The molecule has 0 aromatic heterocycles. The summed E-state index contributed by atoms with van der Waals surface area (Å²) >= 11 is 0. The Balaban J connectivity index is 1.93. The van der Waals surface area contributed by atoms with Gasteiger partial charge in [-0.1, -0.05) is 34.9 Å². The van der Waals surface area contributed by atoms with E-state index in [-0.39, 0.29) is 18.0 Å². The fourth-order valence-electron chi connectivity index (χ4n) is 3.64. The van der Waals surface area contributed by atoms with E-state index in [9.17, 15) is 19.8 Å². The van der Waals surface area contributed by atoms with E-state index < -0.39 is 29.9 Å². The lowest BCUT2D eigenvalue weighted by Gasteiger charge is -2.25. The number of aliphatic hydroxyl groups is 2. The summed E-state index contributed by atoms with van der Waals surface area (Å²) in [6, 6.07) is 0. The molecule has 0 saturated carbocycles. The van der Waals surface area contributed by atoms with Crippen molar-refractivity contribution < 1.29 is 29.3 Å². The summed E-state index contributed by atoms with van der Waals surface area (Å²) in [6.45, 7) is 9.28. The molecule has 2 rings (SSSR count). The van der Waals surface area contributed by atoms with Gasteiger partial charge < -0.3 is 19.7 Å². The van der Waals surface area contributed by atoms with E-state index >= 15 is 0 Å². The predicted octanol–water partition coefficient (Wildman–Crippen LogP) is 3.34. The van der Waals surface area contributed by atoms with Crippen molar-refractivity contribution in [2.75, 3.05) is 6.61 Å². The SMILES string of the molecule is CC(=O)OCC1=C[C@H](O)[C@@]2([C@@H](O)/C=C(\C)CC/C=C(\C)CCC=C(C)C)O[C@H]2C1=O. The lowest BCUT2D eigenvalue weighted by Crippen LogP contribution is -2.46. The highest BCUT2D eigenvalue weighted by Crippen LogP contribution is 2.48. The molecule has 2 N–H and O–H groups in total. The molecule has 4 atom stereocenters. The number of hydrogen-bond acceptors (Lipinski definition) is 6. The number of Topliss-reactive ketones (excluding diaryl/α,β-unsaturated/α-hetero) is 1. The first kappa shape index (κ1) is 24.3. The van der Waals surface area contributed by atoms with E-state index in [0.717, 1.165) is 31.3 Å². The number of ether oxygens (including phenoxy) is 2. The Hall–Kier alpha value is -2.02. The highest BCUT2D eigenvalue weighted by atomic mass is 16.6. The maximum absolute atomic E-state index is 12.5. The Morgan fingerprint density at radius 2 is 1.80 bits per heavy atom. The van der Waals surface area contributed by atoms with Crippen molar-refractivity contribution in [3.05, 3.63) is 46.6 Å². The minimum atomic E-state index is -1.34. The van der Waals surface area contributed by atoms with Crippen LogP contribution >= 0.6 is 0 Å². The second-order valence-electron chi connectivity index (χ2n) is 8.50. The first-order chi connectivity index (χ1) is 14.1. The Labute approximate surface area is 179 Å². The van der Waals surface area contributed by atoms with Crippen LogP contribution in [-0.2, 0) is 19.1 Å². The number of aliphatic hydroxyl groups excluding tert-OH is 2. The minimum Gasteiger partial charge on any atom is -0.461 e. The molecule has 2 aliphatic rings. The Morgan fingerprint density at radius 3 is 2.43 bits per heavy atom. The Bertz CT molecular complexity index is 784. The predicted molar refractivity (Wildman–Crippen MR) is 115 cm³/mol. The zero-order chi connectivity index (χ0) is 22.5. The van der Waals surface area contributed by atoms with Gasteiger partial charge in [0, 0.05) is 12.5 Å². The molecule has 0 aromatic rings. The third-order valence-corrected chi connectivity index (χ3v) is 5.51. The van der Waals surface area contributed by atoms with Gasteiger partial charge in [0.2, 0.25) is 0 Å². The van der Waals surface area contributed by atoms with Gasteiger partial charge in [0.1, 0.15) is 18.8 Å². The summed E-state index contributed by atoms with van der Waals surface area (Å²) in [4.78, 5) is 23.4. The van der Waals surface area contributed by atoms with E-state index in [1.54, 1.807) is 6.08 Å². The monoisotopic (exact) mass is 418 g/mol. The van der Waals surface area contributed by atoms with Crippen molar-refractivity contribution in [2.45, 2.75) is 84.2 Å². The molecular weight excluding hydrogens is 384 g/mol. The zero-order valence-corrected chi connectivity index (χ0v) is 18.6. The number of carbonyl (C=O) groups excluding carboxylic acids is 2. The van der Waals surface area contributed by atoms with Crippen LogP contribution in [0.2, 0.25) is 0 Å². The molecule has 6 heteroatoms. The number of hydrogen-bond donors (Lipinski definition) is 2. The first-order valence-electron chi connectivity index (χ1n) is 10.5. The molecule has 0 bridgehead atoms. The van der Waals surface area contributed by atoms with Gasteiger partial charge in [-0.2, -0.15) is 0 Å². The van der Waals surface area contributed by atoms with Crippen LogP contribution in [0.15, 0.2) is 46.6 Å². The molecule has 0 aromatic carbocycles. The highest BCUT2D eigenvalue weighted by molar-refractivity contribution is 6.03. The van der Waals surface area contributed by atoms with Crippen LogP contribution in [0.3, 0.4) is 0 Å². The van der Waals surface area contributed by atoms with Gasteiger partial charge in [0.25, 0.3) is 0 Å². The minimum absolute atomic E-state index is 0.192. The fourth-order valence-corrected chi connectivity index (χ4v) is 3.64. The number of fused-ring (bicyclic) bond motifs is 1. The molecular formula is C24H34O6. The number of epoxide rings is 1. The van der Waals surface area contributed by atoms with Crippen molar-refractivity contribution in [3.63, 3.8) is 0 Å². The molecule has 30 heavy (non-hydrogen) atoms. The second kappa shape index (κ2) is 10.3. The van der Waals surface area contributed by atoms with Gasteiger partial charge in [-0.15, -0.1) is 0 Å². The third kappa shape index (κ3) is 6.00. The van der Waals surface area contributed by atoms with Crippen molar-refractivity contribution in [3.8, 4) is 0 Å². The molecule has 0 amide bonds. The second-order valence-corrected chi connectivity index (χ2v) is 8.50. The molecule has 1 saturated heterocycles. The Kier molecular flexibility index (Phi) is 8.35. The van der Waals surface area contributed by atoms with E-state index in [1.807, 2.05) is 6.92 Å². The number of allylic oxidation sites excluding steroid dienone is 5. The number of ketones is 1. The van der Waals surface area contributed by atoms with E-state index in [0.29, 0.717) is 0 Å². The van der Waals surface area contributed by atoms with Gasteiger partial charge in [-0.25, -0.2) is 0 Å². The Morgan fingerprint density at radius 1 is 1.17 bits per heavy atom. The molecule has 1 aliphatic carbocycles. The largest absolute Gasteiger partial charge is 0.461 e. The quantitative estimate of drug-likeness (QED) is 0.321. The van der Waals surface area contributed by atoms with Crippen LogP contribution in [-0.4, -0.2) is 52.5 Å². The topological polar surface area (TPSA) is 96.4 Å². The molecule has 0 radical (unpaired) electrons. The van der Waals surface area contributed by atoms with Crippen LogP contribution < -0.4 is 0 Å². The van der Waals surface area contributed by atoms with Crippen LogP contribution in [0.25, 0.3) is 0 Å². The maximum atomic E-state index is 12.5.